The lowest BCUT2D eigenvalue weighted by Crippen LogP contribution is -2.01. The molecule has 0 saturated heterocycles. The highest BCUT2D eigenvalue weighted by molar-refractivity contribution is 5.80. The second-order valence-corrected chi connectivity index (χ2v) is 2.26. The summed E-state index contributed by atoms with van der Waals surface area (Å²) in [7, 11) is 0. The van der Waals surface area contributed by atoms with E-state index in [4.69, 9.17) is 9.84 Å². The van der Waals surface area contributed by atoms with Gasteiger partial charge in [0.2, 0.25) is 0 Å². The van der Waals surface area contributed by atoms with E-state index in [-0.39, 0.29) is 6.10 Å². The zero-order chi connectivity index (χ0) is 8.15. The lowest BCUT2D eigenvalue weighted by Gasteiger charge is -2.07. The van der Waals surface area contributed by atoms with Crippen LogP contribution in [0.15, 0.2) is 11.8 Å². The van der Waals surface area contributed by atoms with Crippen LogP contribution >= 0.6 is 0 Å². The fourth-order valence-corrected chi connectivity index (χ4v) is 0.580. The van der Waals surface area contributed by atoms with Gasteiger partial charge in [0.05, 0.1) is 12.2 Å². The molecule has 0 radical (unpaired) electrons. The van der Waals surface area contributed by atoms with Gasteiger partial charge in [-0.3, -0.25) is 0 Å². The number of carbonyl (C=O) groups is 1. The van der Waals surface area contributed by atoms with Crippen molar-refractivity contribution in [2.45, 2.75) is 26.9 Å². The molecule has 0 aromatic heterocycles. The highest BCUT2D eigenvalue weighted by Crippen LogP contribution is 1.99. The van der Waals surface area contributed by atoms with Crippen molar-refractivity contribution in [1.82, 2.24) is 0 Å². The summed E-state index contributed by atoms with van der Waals surface area (Å²) < 4.78 is 5.04. The summed E-state index contributed by atoms with van der Waals surface area (Å²) >= 11 is 0. The Hall–Kier alpha value is -0.990. The van der Waals surface area contributed by atoms with E-state index in [2.05, 4.69) is 0 Å². The number of allylic oxidation sites excluding steroid dienone is 1. The first-order valence-electron chi connectivity index (χ1n) is 3.10. The van der Waals surface area contributed by atoms with E-state index < -0.39 is 5.97 Å². The molecule has 3 nitrogen and oxygen atoms in total. The Bertz CT molecular complexity index is 147. The standard InChI is InChI=1S/C7H12O3/c1-5(2)10-6(3)4-7(8)9/h4-5H,1-3H3,(H,8,9)/b6-4+. The number of carboxylic acid groups (broad SMARTS) is 1. The molecule has 0 aromatic rings. The maximum atomic E-state index is 10.0. The first-order chi connectivity index (χ1) is 4.52. The van der Waals surface area contributed by atoms with Gasteiger partial charge in [-0.25, -0.2) is 4.79 Å². The number of carboxylic acids is 1. The van der Waals surface area contributed by atoms with E-state index in [0.29, 0.717) is 5.76 Å². The first-order valence-corrected chi connectivity index (χ1v) is 3.10. The van der Waals surface area contributed by atoms with Gasteiger partial charge in [0.1, 0.15) is 5.76 Å². The minimum Gasteiger partial charge on any atom is -0.495 e. The highest BCUT2D eigenvalue weighted by atomic mass is 16.5. The molecule has 10 heavy (non-hydrogen) atoms. The summed E-state index contributed by atoms with van der Waals surface area (Å²) in [6.07, 6.45) is 1.08. The molecular weight excluding hydrogens is 132 g/mol. The van der Waals surface area contributed by atoms with Gasteiger partial charge >= 0.3 is 5.97 Å². The van der Waals surface area contributed by atoms with Crippen molar-refractivity contribution in [3.05, 3.63) is 11.8 Å². The van der Waals surface area contributed by atoms with Gasteiger partial charge in [-0.15, -0.1) is 0 Å². The molecule has 0 aliphatic rings. The summed E-state index contributed by atoms with van der Waals surface area (Å²) in [6.45, 7) is 5.31. The Morgan fingerprint density at radius 2 is 2.10 bits per heavy atom. The average Bonchev–Trinajstić information content (AvgIpc) is 1.58. The van der Waals surface area contributed by atoms with Crippen molar-refractivity contribution in [1.29, 1.82) is 0 Å². The van der Waals surface area contributed by atoms with E-state index >= 15 is 0 Å². The quantitative estimate of drug-likeness (QED) is 0.481. The minimum atomic E-state index is -0.974. The second-order valence-electron chi connectivity index (χ2n) is 2.26. The molecule has 0 amide bonds. The van der Waals surface area contributed by atoms with Gasteiger partial charge in [-0.1, -0.05) is 0 Å². The molecule has 0 bridgehead atoms. The Morgan fingerprint density at radius 3 is 2.40 bits per heavy atom. The van der Waals surface area contributed by atoms with E-state index in [1.54, 1.807) is 6.92 Å². The zero-order valence-corrected chi connectivity index (χ0v) is 6.42. The van der Waals surface area contributed by atoms with Crippen molar-refractivity contribution < 1.29 is 14.6 Å². The van der Waals surface area contributed by atoms with E-state index in [9.17, 15) is 4.79 Å². The average molecular weight is 144 g/mol. The van der Waals surface area contributed by atoms with Gasteiger partial charge in [0, 0.05) is 0 Å². The van der Waals surface area contributed by atoms with E-state index in [1.807, 2.05) is 13.8 Å². The Labute approximate surface area is 60.3 Å². The second kappa shape index (κ2) is 3.93. The summed E-state index contributed by atoms with van der Waals surface area (Å²) in [4.78, 5) is 10.0. The van der Waals surface area contributed by atoms with Crippen molar-refractivity contribution in [3.8, 4) is 0 Å². The molecule has 0 aliphatic carbocycles. The van der Waals surface area contributed by atoms with Gasteiger partial charge in [0.25, 0.3) is 0 Å². The van der Waals surface area contributed by atoms with Crippen LogP contribution in [0.1, 0.15) is 20.8 Å². The Balaban J connectivity index is 3.83. The topological polar surface area (TPSA) is 46.5 Å². The zero-order valence-electron chi connectivity index (χ0n) is 6.42. The number of ether oxygens (including phenoxy) is 1. The predicted octanol–water partition coefficient (Wildman–Crippen LogP) is 1.40. The third kappa shape index (κ3) is 5.15. The molecule has 0 spiro atoms. The molecule has 0 atom stereocenters. The Kier molecular flexibility index (Phi) is 3.54. The minimum absolute atomic E-state index is 0.0376. The van der Waals surface area contributed by atoms with Crippen LogP contribution in [-0.2, 0) is 9.53 Å². The molecule has 0 aliphatic heterocycles. The van der Waals surface area contributed by atoms with Crippen molar-refractivity contribution >= 4 is 5.97 Å². The normalized spacial score (nSPS) is 11.8. The number of hydrogen-bond acceptors (Lipinski definition) is 2. The van der Waals surface area contributed by atoms with Gasteiger partial charge in [-0.2, -0.15) is 0 Å². The van der Waals surface area contributed by atoms with Crippen LogP contribution in [0.2, 0.25) is 0 Å². The largest absolute Gasteiger partial charge is 0.495 e. The molecule has 3 heteroatoms. The van der Waals surface area contributed by atoms with Crippen molar-refractivity contribution in [3.63, 3.8) is 0 Å². The van der Waals surface area contributed by atoms with Gasteiger partial charge in [0.15, 0.2) is 0 Å². The van der Waals surface area contributed by atoms with Crippen LogP contribution in [0.4, 0.5) is 0 Å². The number of rotatable bonds is 3. The number of aliphatic carboxylic acids is 1. The molecule has 0 fully saturated rings. The molecule has 58 valence electrons. The third-order valence-electron chi connectivity index (χ3n) is 0.748. The summed E-state index contributed by atoms with van der Waals surface area (Å²) in [5.74, 6) is -0.541. The molecule has 0 rings (SSSR count). The summed E-state index contributed by atoms with van der Waals surface area (Å²) in [6, 6.07) is 0. The predicted molar refractivity (Wildman–Crippen MR) is 37.6 cm³/mol. The van der Waals surface area contributed by atoms with Crippen LogP contribution in [0.3, 0.4) is 0 Å². The molecule has 1 N–H and O–H groups in total. The molecule has 0 saturated carbocycles. The summed E-state index contributed by atoms with van der Waals surface area (Å²) in [5.41, 5.74) is 0. The molecule has 0 heterocycles. The van der Waals surface area contributed by atoms with Crippen LogP contribution in [0.25, 0.3) is 0 Å². The van der Waals surface area contributed by atoms with E-state index in [1.165, 1.54) is 0 Å². The van der Waals surface area contributed by atoms with Crippen LogP contribution in [0, 0.1) is 0 Å². The molecule has 0 aromatic carbocycles. The molecular formula is C7H12O3. The van der Waals surface area contributed by atoms with Crippen LogP contribution in [0.5, 0.6) is 0 Å². The smallest absolute Gasteiger partial charge is 0.331 e. The highest BCUT2D eigenvalue weighted by Gasteiger charge is 1.96. The lowest BCUT2D eigenvalue weighted by molar-refractivity contribution is -0.131. The molecule has 0 unspecified atom stereocenters. The van der Waals surface area contributed by atoms with E-state index in [0.717, 1.165) is 6.08 Å². The Morgan fingerprint density at radius 1 is 1.60 bits per heavy atom. The number of hydrogen-bond donors (Lipinski definition) is 1. The van der Waals surface area contributed by atoms with Crippen LogP contribution in [-0.4, -0.2) is 17.2 Å². The SMILES string of the molecule is C/C(=C\C(=O)O)OC(C)C. The maximum absolute atomic E-state index is 10.0. The van der Waals surface area contributed by atoms with Gasteiger partial charge in [-0.05, 0) is 20.8 Å². The maximum Gasteiger partial charge on any atom is 0.331 e. The fraction of sp³-hybridized carbons (Fsp3) is 0.571. The summed E-state index contributed by atoms with van der Waals surface area (Å²) in [5, 5.41) is 8.24. The van der Waals surface area contributed by atoms with Gasteiger partial charge < -0.3 is 9.84 Å². The van der Waals surface area contributed by atoms with Crippen molar-refractivity contribution in [2.24, 2.45) is 0 Å². The first kappa shape index (κ1) is 9.01. The van der Waals surface area contributed by atoms with Crippen molar-refractivity contribution in [2.75, 3.05) is 0 Å². The lowest BCUT2D eigenvalue weighted by atomic mass is 10.4. The van der Waals surface area contributed by atoms with Crippen LogP contribution < -0.4 is 0 Å². The monoisotopic (exact) mass is 144 g/mol. The third-order valence-corrected chi connectivity index (χ3v) is 0.748. The fourth-order valence-electron chi connectivity index (χ4n) is 0.580.